The van der Waals surface area contributed by atoms with Crippen molar-refractivity contribution < 1.29 is 4.42 Å². The molecule has 1 heterocycles. The molecule has 0 saturated carbocycles. The fourth-order valence-corrected chi connectivity index (χ4v) is 1.81. The van der Waals surface area contributed by atoms with Crippen molar-refractivity contribution in [2.45, 2.75) is 33.2 Å². The first-order valence-corrected chi connectivity index (χ1v) is 6.71. The molecule has 0 atom stereocenters. The normalized spacial score (nSPS) is 10.6. The SMILES string of the molecule is CCCNCc1nnc(Nc2ccccc2CC)o1. The molecule has 5 heteroatoms. The number of aromatic nitrogens is 2. The van der Waals surface area contributed by atoms with E-state index in [1.807, 2.05) is 18.2 Å². The Balaban J connectivity index is 1.99. The molecule has 0 unspecified atom stereocenters. The number of benzene rings is 1. The van der Waals surface area contributed by atoms with Gasteiger partial charge in [-0.3, -0.25) is 0 Å². The summed E-state index contributed by atoms with van der Waals surface area (Å²) >= 11 is 0. The van der Waals surface area contributed by atoms with E-state index in [0.717, 1.165) is 25.1 Å². The van der Waals surface area contributed by atoms with Gasteiger partial charge in [0.1, 0.15) is 0 Å². The van der Waals surface area contributed by atoms with Gasteiger partial charge < -0.3 is 15.1 Å². The summed E-state index contributed by atoms with van der Waals surface area (Å²) in [5.41, 5.74) is 2.24. The molecule has 2 rings (SSSR count). The Morgan fingerprint density at radius 3 is 2.79 bits per heavy atom. The van der Waals surface area contributed by atoms with Crippen molar-refractivity contribution in [2.24, 2.45) is 0 Å². The first-order valence-electron chi connectivity index (χ1n) is 6.71. The van der Waals surface area contributed by atoms with Crippen LogP contribution in [0.2, 0.25) is 0 Å². The lowest BCUT2D eigenvalue weighted by atomic mass is 10.1. The Bertz CT molecular complexity index is 510. The standard InChI is InChI=1S/C14H20N4O/c1-3-9-15-10-13-17-18-14(19-13)16-12-8-6-5-7-11(12)4-2/h5-8,15H,3-4,9-10H2,1-2H3,(H,16,18). The van der Waals surface area contributed by atoms with Gasteiger partial charge in [0, 0.05) is 5.69 Å². The van der Waals surface area contributed by atoms with Gasteiger partial charge in [-0.25, -0.2) is 0 Å². The van der Waals surface area contributed by atoms with Gasteiger partial charge in [-0.1, -0.05) is 37.1 Å². The maximum Gasteiger partial charge on any atom is 0.320 e. The van der Waals surface area contributed by atoms with Crippen LogP contribution >= 0.6 is 0 Å². The number of nitrogens with zero attached hydrogens (tertiary/aromatic N) is 2. The smallest absolute Gasteiger partial charge is 0.320 e. The Hall–Kier alpha value is -1.88. The molecule has 0 saturated heterocycles. The van der Waals surface area contributed by atoms with Gasteiger partial charge in [0.2, 0.25) is 5.89 Å². The topological polar surface area (TPSA) is 63.0 Å². The Morgan fingerprint density at radius 1 is 1.16 bits per heavy atom. The van der Waals surface area contributed by atoms with Crippen LogP contribution < -0.4 is 10.6 Å². The van der Waals surface area contributed by atoms with Gasteiger partial charge in [-0.15, -0.1) is 5.10 Å². The molecule has 0 aliphatic heterocycles. The average molecular weight is 260 g/mol. The van der Waals surface area contributed by atoms with Crippen LogP contribution in [0.3, 0.4) is 0 Å². The largest absolute Gasteiger partial charge is 0.406 e. The lowest BCUT2D eigenvalue weighted by Gasteiger charge is -2.06. The maximum absolute atomic E-state index is 5.54. The molecule has 1 aromatic carbocycles. The second-order valence-electron chi connectivity index (χ2n) is 4.31. The van der Waals surface area contributed by atoms with E-state index in [9.17, 15) is 0 Å². The van der Waals surface area contributed by atoms with Crippen molar-refractivity contribution in [3.8, 4) is 0 Å². The second-order valence-corrected chi connectivity index (χ2v) is 4.31. The first kappa shape index (κ1) is 13.5. The van der Waals surface area contributed by atoms with Gasteiger partial charge >= 0.3 is 6.01 Å². The molecule has 102 valence electrons. The fraction of sp³-hybridized carbons (Fsp3) is 0.429. The Labute approximate surface area is 113 Å². The van der Waals surface area contributed by atoms with E-state index >= 15 is 0 Å². The number of anilines is 2. The van der Waals surface area contributed by atoms with Gasteiger partial charge in [0.25, 0.3) is 0 Å². The highest BCUT2D eigenvalue weighted by atomic mass is 16.4. The van der Waals surface area contributed by atoms with E-state index in [4.69, 9.17) is 4.42 Å². The number of hydrogen-bond donors (Lipinski definition) is 2. The minimum Gasteiger partial charge on any atom is -0.406 e. The van der Waals surface area contributed by atoms with Crippen molar-refractivity contribution in [3.05, 3.63) is 35.7 Å². The molecular weight excluding hydrogens is 240 g/mol. The number of nitrogens with one attached hydrogen (secondary N) is 2. The molecular formula is C14H20N4O. The molecule has 0 fully saturated rings. The zero-order valence-corrected chi connectivity index (χ0v) is 11.4. The molecule has 19 heavy (non-hydrogen) atoms. The van der Waals surface area contributed by atoms with E-state index in [2.05, 4.69) is 40.7 Å². The predicted molar refractivity (Wildman–Crippen MR) is 75.4 cm³/mol. The summed E-state index contributed by atoms with van der Waals surface area (Å²) in [6.07, 6.45) is 2.05. The molecule has 2 N–H and O–H groups in total. The number of hydrogen-bond acceptors (Lipinski definition) is 5. The molecule has 0 aliphatic carbocycles. The summed E-state index contributed by atoms with van der Waals surface area (Å²) in [6, 6.07) is 8.55. The van der Waals surface area contributed by atoms with Crippen molar-refractivity contribution in [2.75, 3.05) is 11.9 Å². The number of aryl methyl sites for hydroxylation is 1. The minimum atomic E-state index is 0.439. The summed E-state index contributed by atoms with van der Waals surface area (Å²) in [7, 11) is 0. The summed E-state index contributed by atoms with van der Waals surface area (Å²) in [5.74, 6) is 0.602. The third kappa shape index (κ3) is 3.79. The summed E-state index contributed by atoms with van der Waals surface area (Å²) in [4.78, 5) is 0. The monoisotopic (exact) mass is 260 g/mol. The summed E-state index contributed by atoms with van der Waals surface area (Å²) in [6.45, 7) is 5.80. The maximum atomic E-state index is 5.54. The third-order valence-corrected chi connectivity index (χ3v) is 2.81. The molecule has 5 nitrogen and oxygen atoms in total. The minimum absolute atomic E-state index is 0.439. The van der Waals surface area contributed by atoms with Crippen LogP contribution in [0.1, 0.15) is 31.7 Å². The van der Waals surface area contributed by atoms with Crippen LogP contribution in [0.25, 0.3) is 0 Å². The molecule has 0 radical (unpaired) electrons. The first-order chi connectivity index (χ1) is 9.33. The van der Waals surface area contributed by atoms with Crippen LogP contribution in [0.4, 0.5) is 11.7 Å². The van der Waals surface area contributed by atoms with Crippen molar-refractivity contribution in [1.82, 2.24) is 15.5 Å². The molecule has 0 aliphatic rings. The number of rotatable bonds is 7. The lowest BCUT2D eigenvalue weighted by Crippen LogP contribution is -2.13. The van der Waals surface area contributed by atoms with Crippen LogP contribution in [0.15, 0.2) is 28.7 Å². The van der Waals surface area contributed by atoms with E-state index in [1.165, 1.54) is 5.56 Å². The van der Waals surface area contributed by atoms with Gasteiger partial charge in [0.15, 0.2) is 0 Å². The molecule has 0 amide bonds. The number of para-hydroxylation sites is 1. The van der Waals surface area contributed by atoms with Gasteiger partial charge in [-0.05, 0) is 31.0 Å². The molecule has 0 spiro atoms. The highest BCUT2D eigenvalue weighted by molar-refractivity contribution is 5.57. The van der Waals surface area contributed by atoms with Crippen molar-refractivity contribution >= 4 is 11.7 Å². The summed E-state index contributed by atoms with van der Waals surface area (Å²) < 4.78 is 5.54. The highest BCUT2D eigenvalue weighted by Crippen LogP contribution is 2.20. The van der Waals surface area contributed by atoms with Crippen LogP contribution in [0, 0.1) is 0 Å². The highest BCUT2D eigenvalue weighted by Gasteiger charge is 2.07. The van der Waals surface area contributed by atoms with Crippen LogP contribution in [-0.2, 0) is 13.0 Å². The predicted octanol–water partition coefficient (Wildman–Crippen LogP) is 2.88. The van der Waals surface area contributed by atoms with Crippen molar-refractivity contribution in [1.29, 1.82) is 0 Å². The van der Waals surface area contributed by atoms with E-state index < -0.39 is 0 Å². The van der Waals surface area contributed by atoms with Crippen LogP contribution in [0.5, 0.6) is 0 Å². The zero-order valence-electron chi connectivity index (χ0n) is 11.4. The fourth-order valence-electron chi connectivity index (χ4n) is 1.81. The van der Waals surface area contributed by atoms with Gasteiger partial charge in [0.05, 0.1) is 6.54 Å². The van der Waals surface area contributed by atoms with E-state index in [1.54, 1.807) is 0 Å². The quantitative estimate of drug-likeness (QED) is 0.749. The van der Waals surface area contributed by atoms with E-state index in [-0.39, 0.29) is 0 Å². The van der Waals surface area contributed by atoms with E-state index in [0.29, 0.717) is 18.5 Å². The molecule has 0 bridgehead atoms. The second kappa shape index (κ2) is 6.89. The molecule has 1 aromatic heterocycles. The lowest BCUT2D eigenvalue weighted by molar-refractivity contribution is 0.479. The molecule has 2 aromatic rings. The Kier molecular flexibility index (Phi) is 4.92. The van der Waals surface area contributed by atoms with Crippen molar-refractivity contribution in [3.63, 3.8) is 0 Å². The van der Waals surface area contributed by atoms with Crippen LogP contribution in [-0.4, -0.2) is 16.7 Å². The summed E-state index contributed by atoms with van der Waals surface area (Å²) in [5, 5.41) is 14.4. The third-order valence-electron chi connectivity index (χ3n) is 2.81. The van der Waals surface area contributed by atoms with Gasteiger partial charge in [-0.2, -0.15) is 0 Å². The Morgan fingerprint density at radius 2 is 2.00 bits per heavy atom. The average Bonchev–Trinajstić information content (AvgIpc) is 2.87. The zero-order chi connectivity index (χ0) is 13.5.